The standard InChI is InChI=1S/C19H20FNO4S/c1-2-25-16-8-10-17(11-9-16)26(23,24)21-18(22)19(12-3-13-19)14-4-6-15(20)7-5-14/h4-11H,2-3,12-13H2,1H3,(H,21,22). The number of carbonyl (C=O) groups excluding carboxylic acids is 1. The fourth-order valence-electron chi connectivity index (χ4n) is 3.11. The molecule has 1 amide bonds. The first-order valence-corrected chi connectivity index (χ1v) is 9.92. The minimum absolute atomic E-state index is 0.0112. The Morgan fingerprint density at radius 2 is 1.73 bits per heavy atom. The molecular weight excluding hydrogens is 357 g/mol. The van der Waals surface area contributed by atoms with Crippen molar-refractivity contribution in [3.63, 3.8) is 0 Å². The molecule has 1 aliphatic carbocycles. The van der Waals surface area contributed by atoms with Crippen LogP contribution < -0.4 is 9.46 Å². The summed E-state index contributed by atoms with van der Waals surface area (Å²) < 4.78 is 45.7. The van der Waals surface area contributed by atoms with Gasteiger partial charge in [-0.2, -0.15) is 0 Å². The maximum absolute atomic E-state index is 13.2. The van der Waals surface area contributed by atoms with E-state index in [1.807, 2.05) is 6.92 Å². The molecule has 0 radical (unpaired) electrons. The summed E-state index contributed by atoms with van der Waals surface area (Å²) in [6.45, 7) is 2.31. The molecule has 0 bridgehead atoms. The van der Waals surface area contributed by atoms with Gasteiger partial charge >= 0.3 is 0 Å². The first-order chi connectivity index (χ1) is 12.4. The fraction of sp³-hybridized carbons (Fsp3) is 0.316. The number of rotatable bonds is 6. The van der Waals surface area contributed by atoms with E-state index < -0.39 is 27.2 Å². The average molecular weight is 377 g/mol. The van der Waals surface area contributed by atoms with Gasteiger partial charge in [0.2, 0.25) is 5.91 Å². The number of carbonyl (C=O) groups is 1. The summed E-state index contributed by atoms with van der Waals surface area (Å²) in [4.78, 5) is 12.8. The summed E-state index contributed by atoms with van der Waals surface area (Å²) in [5.74, 6) is -0.422. The van der Waals surface area contributed by atoms with E-state index in [2.05, 4.69) is 4.72 Å². The van der Waals surface area contributed by atoms with E-state index in [9.17, 15) is 17.6 Å². The average Bonchev–Trinajstić information content (AvgIpc) is 2.56. The van der Waals surface area contributed by atoms with Gasteiger partial charge in [0.1, 0.15) is 11.6 Å². The van der Waals surface area contributed by atoms with E-state index in [-0.39, 0.29) is 4.90 Å². The zero-order valence-corrected chi connectivity index (χ0v) is 15.2. The fourth-order valence-corrected chi connectivity index (χ4v) is 4.16. The third kappa shape index (κ3) is 3.44. The predicted molar refractivity (Wildman–Crippen MR) is 94.9 cm³/mol. The van der Waals surface area contributed by atoms with Crippen molar-refractivity contribution in [1.29, 1.82) is 0 Å². The zero-order chi connectivity index (χ0) is 18.8. The molecule has 0 aliphatic heterocycles. The van der Waals surface area contributed by atoms with E-state index >= 15 is 0 Å². The van der Waals surface area contributed by atoms with Gasteiger partial charge in [-0.25, -0.2) is 17.5 Å². The lowest BCUT2D eigenvalue weighted by Gasteiger charge is -2.40. The molecule has 1 aliphatic rings. The second-order valence-electron chi connectivity index (χ2n) is 6.28. The molecular formula is C19H20FNO4S. The van der Waals surface area contributed by atoms with Gasteiger partial charge in [-0.05, 0) is 61.7 Å². The number of amides is 1. The number of ether oxygens (including phenoxy) is 1. The van der Waals surface area contributed by atoms with Crippen molar-refractivity contribution in [3.8, 4) is 5.75 Å². The Bertz CT molecular complexity index is 888. The van der Waals surface area contributed by atoms with Crippen molar-refractivity contribution in [2.45, 2.75) is 36.5 Å². The third-order valence-corrected chi connectivity index (χ3v) is 6.06. The quantitative estimate of drug-likeness (QED) is 0.839. The SMILES string of the molecule is CCOc1ccc(S(=O)(=O)NC(=O)C2(c3ccc(F)cc3)CCC2)cc1. The Balaban J connectivity index is 1.82. The first-order valence-electron chi connectivity index (χ1n) is 8.43. The van der Waals surface area contributed by atoms with E-state index in [1.54, 1.807) is 12.1 Å². The molecule has 0 saturated heterocycles. The van der Waals surface area contributed by atoms with Crippen LogP contribution in [-0.4, -0.2) is 20.9 Å². The van der Waals surface area contributed by atoms with Crippen LogP contribution in [0.2, 0.25) is 0 Å². The lowest BCUT2D eigenvalue weighted by molar-refractivity contribution is -0.128. The van der Waals surface area contributed by atoms with E-state index in [0.717, 1.165) is 6.42 Å². The van der Waals surface area contributed by atoms with Gasteiger partial charge in [-0.15, -0.1) is 0 Å². The molecule has 26 heavy (non-hydrogen) atoms. The minimum atomic E-state index is -4.00. The monoisotopic (exact) mass is 377 g/mol. The topological polar surface area (TPSA) is 72.5 Å². The molecule has 2 aromatic rings. The van der Waals surface area contributed by atoms with Crippen LogP contribution >= 0.6 is 0 Å². The number of hydrogen-bond acceptors (Lipinski definition) is 4. The Kier molecular flexibility index (Phi) is 5.00. The lowest BCUT2D eigenvalue weighted by atomic mass is 9.64. The normalized spacial score (nSPS) is 15.8. The van der Waals surface area contributed by atoms with Crippen LogP contribution in [-0.2, 0) is 20.2 Å². The van der Waals surface area contributed by atoms with Crippen molar-refractivity contribution in [2.75, 3.05) is 6.61 Å². The van der Waals surface area contributed by atoms with Crippen LogP contribution in [0.4, 0.5) is 4.39 Å². The van der Waals surface area contributed by atoms with E-state index in [1.165, 1.54) is 36.4 Å². The largest absolute Gasteiger partial charge is 0.494 e. The molecule has 0 spiro atoms. The Morgan fingerprint density at radius 1 is 1.12 bits per heavy atom. The van der Waals surface area contributed by atoms with E-state index in [0.29, 0.717) is 30.8 Å². The molecule has 0 unspecified atom stereocenters. The van der Waals surface area contributed by atoms with Gasteiger partial charge in [0, 0.05) is 0 Å². The Hall–Kier alpha value is -2.41. The number of hydrogen-bond donors (Lipinski definition) is 1. The van der Waals surface area contributed by atoms with Crippen molar-refractivity contribution in [3.05, 3.63) is 59.9 Å². The molecule has 1 N–H and O–H groups in total. The first kappa shape index (κ1) is 18.4. The predicted octanol–water partition coefficient (Wildman–Crippen LogP) is 3.15. The minimum Gasteiger partial charge on any atom is -0.494 e. The number of halogens is 1. The highest BCUT2D eigenvalue weighted by Gasteiger charge is 2.46. The summed E-state index contributed by atoms with van der Waals surface area (Å²) in [7, 11) is -4.00. The molecule has 0 aromatic heterocycles. The zero-order valence-electron chi connectivity index (χ0n) is 14.4. The lowest BCUT2D eigenvalue weighted by Crippen LogP contribution is -2.50. The Morgan fingerprint density at radius 3 is 2.23 bits per heavy atom. The second kappa shape index (κ2) is 7.07. The molecule has 3 rings (SSSR count). The Labute approximate surface area is 152 Å². The van der Waals surface area contributed by atoms with E-state index in [4.69, 9.17) is 4.74 Å². The molecule has 0 atom stereocenters. The van der Waals surface area contributed by atoms with Crippen LogP contribution in [0, 0.1) is 5.82 Å². The van der Waals surface area contributed by atoms with Gasteiger partial charge in [0.05, 0.1) is 16.9 Å². The molecule has 5 nitrogen and oxygen atoms in total. The number of sulfonamides is 1. The van der Waals surface area contributed by atoms with Crippen molar-refractivity contribution in [1.82, 2.24) is 4.72 Å². The molecule has 1 saturated carbocycles. The van der Waals surface area contributed by atoms with Gasteiger partial charge < -0.3 is 4.74 Å². The summed E-state index contributed by atoms with van der Waals surface area (Å²) in [6.07, 6.45) is 1.88. The second-order valence-corrected chi connectivity index (χ2v) is 7.96. The van der Waals surface area contributed by atoms with Crippen LogP contribution in [0.1, 0.15) is 31.7 Å². The maximum Gasteiger partial charge on any atom is 0.264 e. The van der Waals surface area contributed by atoms with Crippen LogP contribution in [0.3, 0.4) is 0 Å². The highest BCUT2D eigenvalue weighted by atomic mass is 32.2. The molecule has 7 heteroatoms. The third-order valence-electron chi connectivity index (χ3n) is 4.71. The summed E-state index contributed by atoms with van der Waals surface area (Å²) in [6, 6.07) is 11.5. The summed E-state index contributed by atoms with van der Waals surface area (Å²) in [5.41, 5.74) is -0.295. The molecule has 0 heterocycles. The van der Waals surface area contributed by atoms with Gasteiger partial charge in [-0.1, -0.05) is 18.6 Å². The highest BCUT2D eigenvalue weighted by Crippen LogP contribution is 2.44. The molecule has 138 valence electrons. The highest BCUT2D eigenvalue weighted by molar-refractivity contribution is 7.90. The van der Waals surface area contributed by atoms with Gasteiger partial charge in [0.25, 0.3) is 10.0 Å². The smallest absolute Gasteiger partial charge is 0.264 e. The van der Waals surface area contributed by atoms with Gasteiger partial charge in [0.15, 0.2) is 0 Å². The van der Waals surface area contributed by atoms with Crippen LogP contribution in [0.25, 0.3) is 0 Å². The summed E-state index contributed by atoms with van der Waals surface area (Å²) in [5, 5.41) is 0. The van der Waals surface area contributed by atoms with Crippen LogP contribution in [0.5, 0.6) is 5.75 Å². The molecule has 1 fully saturated rings. The molecule has 2 aromatic carbocycles. The number of benzene rings is 2. The number of nitrogens with one attached hydrogen (secondary N) is 1. The van der Waals surface area contributed by atoms with Crippen molar-refractivity contribution >= 4 is 15.9 Å². The van der Waals surface area contributed by atoms with Crippen molar-refractivity contribution < 1.29 is 22.3 Å². The summed E-state index contributed by atoms with van der Waals surface area (Å²) >= 11 is 0. The van der Waals surface area contributed by atoms with Crippen LogP contribution in [0.15, 0.2) is 53.4 Å². The van der Waals surface area contributed by atoms with Crippen molar-refractivity contribution in [2.24, 2.45) is 0 Å². The maximum atomic E-state index is 13.2. The van der Waals surface area contributed by atoms with Gasteiger partial charge in [-0.3, -0.25) is 4.79 Å².